The topological polar surface area (TPSA) is 48.7 Å². The first-order valence-electron chi connectivity index (χ1n) is 7.91. The highest BCUT2D eigenvalue weighted by molar-refractivity contribution is 5.74. The zero-order valence-corrected chi connectivity index (χ0v) is 13.4. The second kappa shape index (κ2) is 7.50. The van der Waals surface area contributed by atoms with Crippen LogP contribution >= 0.6 is 0 Å². The number of carbonyl (C=O) groups is 1. The molecule has 2 rings (SSSR count). The van der Waals surface area contributed by atoms with Crippen molar-refractivity contribution in [2.45, 2.75) is 46.2 Å². The van der Waals surface area contributed by atoms with Gasteiger partial charge in [-0.3, -0.25) is 0 Å². The number of carbonyl (C=O) groups excluding carboxylic acids is 1. The second-order valence-electron chi connectivity index (χ2n) is 5.88. The number of nitrogens with zero attached hydrogens (tertiary/aromatic N) is 2. The average Bonchev–Trinajstić information content (AvgIpc) is 3.07. The van der Waals surface area contributed by atoms with Crippen molar-refractivity contribution in [2.75, 3.05) is 26.2 Å². The summed E-state index contributed by atoms with van der Waals surface area (Å²) in [6, 6.07) is 4.01. The van der Waals surface area contributed by atoms with Gasteiger partial charge in [-0.1, -0.05) is 0 Å². The van der Waals surface area contributed by atoms with E-state index in [-0.39, 0.29) is 12.1 Å². The van der Waals surface area contributed by atoms with Crippen molar-refractivity contribution in [1.82, 2.24) is 15.1 Å². The summed E-state index contributed by atoms with van der Waals surface area (Å²) in [6.07, 6.45) is 2.55. The summed E-state index contributed by atoms with van der Waals surface area (Å²) >= 11 is 0. The van der Waals surface area contributed by atoms with Gasteiger partial charge in [0.1, 0.15) is 11.5 Å². The highest BCUT2D eigenvalue weighted by Crippen LogP contribution is 2.10. The van der Waals surface area contributed by atoms with Crippen LogP contribution in [0, 0.1) is 6.92 Å². The average molecular weight is 293 g/mol. The van der Waals surface area contributed by atoms with E-state index in [1.54, 1.807) is 4.90 Å². The third kappa shape index (κ3) is 4.77. The summed E-state index contributed by atoms with van der Waals surface area (Å²) in [5.41, 5.74) is 0. The van der Waals surface area contributed by atoms with E-state index in [1.165, 1.54) is 12.8 Å². The van der Waals surface area contributed by atoms with Gasteiger partial charge >= 0.3 is 6.03 Å². The van der Waals surface area contributed by atoms with Crippen molar-refractivity contribution in [1.29, 1.82) is 0 Å². The normalized spacial score (nSPS) is 16.9. The van der Waals surface area contributed by atoms with Crippen molar-refractivity contribution in [3.05, 3.63) is 23.7 Å². The van der Waals surface area contributed by atoms with E-state index in [4.69, 9.17) is 4.42 Å². The molecule has 1 saturated heterocycles. The minimum absolute atomic E-state index is 0.0155. The van der Waals surface area contributed by atoms with Crippen molar-refractivity contribution in [2.24, 2.45) is 0 Å². The van der Waals surface area contributed by atoms with E-state index in [0.29, 0.717) is 13.1 Å². The number of nitrogens with one attached hydrogen (secondary N) is 1. The molecule has 1 aliphatic heterocycles. The molecule has 5 heteroatoms. The fourth-order valence-corrected chi connectivity index (χ4v) is 2.79. The highest BCUT2D eigenvalue weighted by Gasteiger charge is 2.19. The minimum Gasteiger partial charge on any atom is -0.464 e. The van der Waals surface area contributed by atoms with Crippen LogP contribution < -0.4 is 5.32 Å². The fraction of sp³-hybridized carbons (Fsp3) is 0.688. The summed E-state index contributed by atoms with van der Waals surface area (Å²) < 4.78 is 5.55. The Bertz CT molecular complexity index is 452. The summed E-state index contributed by atoms with van der Waals surface area (Å²) in [5, 5.41) is 3.09. The minimum atomic E-state index is -0.0155. The molecule has 1 atom stereocenters. The third-order valence-corrected chi connectivity index (χ3v) is 3.91. The van der Waals surface area contributed by atoms with Crippen LogP contribution in [0.5, 0.6) is 0 Å². The van der Waals surface area contributed by atoms with Gasteiger partial charge in [-0.25, -0.2) is 4.79 Å². The number of hydrogen-bond acceptors (Lipinski definition) is 3. The predicted octanol–water partition coefficient (Wildman–Crippen LogP) is 2.60. The lowest BCUT2D eigenvalue weighted by Crippen LogP contribution is -2.47. The Morgan fingerprint density at radius 3 is 2.71 bits per heavy atom. The largest absolute Gasteiger partial charge is 0.464 e. The molecule has 0 aliphatic carbocycles. The van der Waals surface area contributed by atoms with Gasteiger partial charge in [0.15, 0.2) is 0 Å². The molecule has 1 aromatic rings. The van der Waals surface area contributed by atoms with E-state index in [1.807, 2.05) is 26.0 Å². The first-order valence-corrected chi connectivity index (χ1v) is 7.91. The van der Waals surface area contributed by atoms with Crippen LogP contribution in [0.3, 0.4) is 0 Å². The van der Waals surface area contributed by atoms with Crippen LogP contribution in [0.4, 0.5) is 4.79 Å². The molecular formula is C16H27N3O2. The molecule has 2 amide bonds. The van der Waals surface area contributed by atoms with E-state index in [0.717, 1.165) is 31.2 Å². The van der Waals surface area contributed by atoms with Gasteiger partial charge in [0, 0.05) is 19.1 Å². The molecule has 5 nitrogen and oxygen atoms in total. The summed E-state index contributed by atoms with van der Waals surface area (Å²) in [7, 11) is 0. The number of amides is 2. The van der Waals surface area contributed by atoms with Gasteiger partial charge < -0.3 is 19.5 Å². The van der Waals surface area contributed by atoms with Crippen LogP contribution in [0.2, 0.25) is 0 Å². The Hall–Kier alpha value is -1.49. The molecular weight excluding hydrogens is 266 g/mol. The first kappa shape index (κ1) is 15.9. The Labute approximate surface area is 127 Å². The lowest BCUT2D eigenvalue weighted by molar-refractivity contribution is 0.186. The zero-order valence-electron chi connectivity index (χ0n) is 13.4. The molecule has 1 N–H and O–H groups in total. The quantitative estimate of drug-likeness (QED) is 0.877. The maximum absolute atomic E-state index is 12.3. The number of urea groups is 1. The molecule has 1 unspecified atom stereocenters. The van der Waals surface area contributed by atoms with E-state index in [9.17, 15) is 4.79 Å². The molecule has 1 aliphatic rings. The Kier molecular flexibility index (Phi) is 5.67. The molecule has 0 aromatic carbocycles. The summed E-state index contributed by atoms with van der Waals surface area (Å²) in [4.78, 5) is 16.5. The Balaban J connectivity index is 1.81. The molecule has 118 valence electrons. The van der Waals surface area contributed by atoms with Crippen molar-refractivity contribution < 1.29 is 9.21 Å². The van der Waals surface area contributed by atoms with Gasteiger partial charge in [-0.05, 0) is 58.8 Å². The fourth-order valence-electron chi connectivity index (χ4n) is 2.79. The predicted molar refractivity (Wildman–Crippen MR) is 83.2 cm³/mol. The zero-order chi connectivity index (χ0) is 15.2. The Morgan fingerprint density at radius 2 is 2.14 bits per heavy atom. The first-order chi connectivity index (χ1) is 10.1. The molecule has 21 heavy (non-hydrogen) atoms. The number of likely N-dealkylation sites (tertiary alicyclic amines) is 1. The van der Waals surface area contributed by atoms with Gasteiger partial charge in [0.05, 0.1) is 6.54 Å². The number of rotatable bonds is 6. The van der Waals surface area contributed by atoms with Crippen LogP contribution in [-0.4, -0.2) is 48.1 Å². The van der Waals surface area contributed by atoms with Crippen LogP contribution in [0.15, 0.2) is 16.5 Å². The third-order valence-electron chi connectivity index (χ3n) is 3.91. The molecule has 1 fully saturated rings. The Morgan fingerprint density at radius 1 is 1.43 bits per heavy atom. The van der Waals surface area contributed by atoms with E-state index < -0.39 is 0 Å². The van der Waals surface area contributed by atoms with Crippen LogP contribution in [-0.2, 0) is 6.54 Å². The lowest BCUT2D eigenvalue weighted by atomic mass is 10.3. The number of hydrogen-bond donors (Lipinski definition) is 1. The number of furan rings is 1. The van der Waals surface area contributed by atoms with Crippen LogP contribution in [0.25, 0.3) is 0 Å². The van der Waals surface area contributed by atoms with Crippen molar-refractivity contribution >= 4 is 6.03 Å². The van der Waals surface area contributed by atoms with E-state index >= 15 is 0 Å². The second-order valence-corrected chi connectivity index (χ2v) is 5.88. The molecule has 2 heterocycles. The number of aryl methyl sites for hydroxylation is 1. The van der Waals surface area contributed by atoms with Crippen molar-refractivity contribution in [3.63, 3.8) is 0 Å². The summed E-state index contributed by atoms with van der Waals surface area (Å²) in [6.45, 7) is 10.4. The lowest BCUT2D eigenvalue weighted by Gasteiger charge is -2.25. The maximum Gasteiger partial charge on any atom is 0.318 e. The maximum atomic E-state index is 12.3. The van der Waals surface area contributed by atoms with Crippen LogP contribution in [0.1, 0.15) is 38.2 Å². The monoisotopic (exact) mass is 293 g/mol. The SMILES string of the molecule is CCN(Cc1ccc(C)o1)C(=O)NC(C)CN1CCCC1. The smallest absolute Gasteiger partial charge is 0.318 e. The van der Waals surface area contributed by atoms with Crippen molar-refractivity contribution in [3.8, 4) is 0 Å². The molecule has 0 bridgehead atoms. The standard InChI is InChI=1S/C16H27N3O2/c1-4-19(12-15-8-7-14(3)21-15)16(20)17-13(2)11-18-9-5-6-10-18/h7-8,13H,4-6,9-12H2,1-3H3,(H,17,20). The highest BCUT2D eigenvalue weighted by atomic mass is 16.3. The molecule has 0 spiro atoms. The van der Waals surface area contributed by atoms with Gasteiger partial charge in [0.2, 0.25) is 0 Å². The molecule has 1 aromatic heterocycles. The van der Waals surface area contributed by atoms with Gasteiger partial charge in [0.25, 0.3) is 0 Å². The van der Waals surface area contributed by atoms with Gasteiger partial charge in [-0.15, -0.1) is 0 Å². The molecule has 0 radical (unpaired) electrons. The summed E-state index contributed by atoms with van der Waals surface area (Å²) in [5.74, 6) is 1.71. The van der Waals surface area contributed by atoms with Gasteiger partial charge in [-0.2, -0.15) is 0 Å². The molecule has 0 saturated carbocycles. The van der Waals surface area contributed by atoms with E-state index in [2.05, 4.69) is 17.1 Å².